The second-order valence-corrected chi connectivity index (χ2v) is 6.88. The fraction of sp³-hybridized carbons (Fsp3) is 0.0833. The number of carbonyl (C=O) groups is 1. The van der Waals surface area contributed by atoms with Gasteiger partial charge in [-0.05, 0) is 36.1 Å². The summed E-state index contributed by atoms with van der Waals surface area (Å²) in [6.45, 7) is 1.57. The summed E-state index contributed by atoms with van der Waals surface area (Å²) >= 11 is 7.08. The van der Waals surface area contributed by atoms with Crippen molar-refractivity contribution in [2.24, 2.45) is 5.14 Å². The van der Waals surface area contributed by atoms with Crippen molar-refractivity contribution < 1.29 is 13.2 Å². The second kappa shape index (κ2) is 5.53. The fourth-order valence-electron chi connectivity index (χ4n) is 1.69. The summed E-state index contributed by atoms with van der Waals surface area (Å²) in [6.07, 6.45) is 0. The molecule has 20 heavy (non-hydrogen) atoms. The van der Waals surface area contributed by atoms with E-state index in [1.165, 1.54) is 23.5 Å². The maximum atomic E-state index is 12.0. The molecule has 1 aromatic heterocycles. The molecule has 5 nitrogen and oxygen atoms in total. The molecule has 0 fully saturated rings. The normalized spacial score (nSPS) is 11.3. The molecule has 0 radical (unpaired) electrons. The van der Waals surface area contributed by atoms with Crippen molar-refractivity contribution in [3.63, 3.8) is 0 Å². The highest BCUT2D eigenvalue weighted by Crippen LogP contribution is 2.26. The van der Waals surface area contributed by atoms with Crippen molar-refractivity contribution in [1.29, 1.82) is 0 Å². The lowest BCUT2D eigenvalue weighted by Crippen LogP contribution is -2.16. The summed E-state index contributed by atoms with van der Waals surface area (Å²) in [7, 11) is -3.83. The van der Waals surface area contributed by atoms with Crippen molar-refractivity contribution in [3.05, 3.63) is 45.1 Å². The van der Waals surface area contributed by atoms with E-state index in [0.717, 1.165) is 0 Å². The third-order valence-corrected chi connectivity index (χ3v) is 5.06. The zero-order valence-electron chi connectivity index (χ0n) is 10.4. The Morgan fingerprint density at radius 1 is 1.35 bits per heavy atom. The van der Waals surface area contributed by atoms with Gasteiger partial charge in [0.2, 0.25) is 10.0 Å². The highest BCUT2D eigenvalue weighted by molar-refractivity contribution is 7.89. The minimum Gasteiger partial charge on any atom is -0.321 e. The number of carbonyl (C=O) groups excluding carboxylic acids is 1. The van der Waals surface area contributed by atoms with Crippen LogP contribution < -0.4 is 10.5 Å². The average molecular weight is 331 g/mol. The van der Waals surface area contributed by atoms with E-state index in [9.17, 15) is 13.2 Å². The number of sulfonamides is 1. The van der Waals surface area contributed by atoms with Crippen LogP contribution >= 0.6 is 22.9 Å². The number of halogens is 1. The molecule has 1 aromatic carbocycles. The highest BCUT2D eigenvalue weighted by Gasteiger charge is 2.17. The molecule has 0 spiro atoms. The van der Waals surface area contributed by atoms with Gasteiger partial charge in [-0.1, -0.05) is 17.7 Å². The van der Waals surface area contributed by atoms with E-state index in [2.05, 4.69) is 5.32 Å². The van der Waals surface area contributed by atoms with Crippen molar-refractivity contribution in [2.45, 2.75) is 11.8 Å². The summed E-state index contributed by atoms with van der Waals surface area (Å²) in [4.78, 5) is 12.4. The molecule has 1 heterocycles. The third-order valence-electron chi connectivity index (χ3n) is 2.66. The monoisotopic (exact) mass is 330 g/mol. The number of anilines is 1. The molecule has 8 heteroatoms. The number of primary sulfonamides is 1. The Morgan fingerprint density at radius 3 is 2.60 bits per heavy atom. The Morgan fingerprint density at radius 2 is 2.05 bits per heavy atom. The van der Waals surface area contributed by atoms with Crippen LogP contribution in [0.25, 0.3) is 0 Å². The number of hydrogen-bond donors (Lipinski definition) is 2. The van der Waals surface area contributed by atoms with Gasteiger partial charge in [0, 0.05) is 5.69 Å². The molecule has 0 bridgehead atoms. The van der Waals surface area contributed by atoms with E-state index in [1.807, 2.05) is 0 Å². The van der Waals surface area contributed by atoms with E-state index < -0.39 is 10.0 Å². The van der Waals surface area contributed by atoms with Gasteiger partial charge in [-0.2, -0.15) is 0 Å². The largest absolute Gasteiger partial charge is 0.321 e. The third kappa shape index (κ3) is 3.01. The topological polar surface area (TPSA) is 89.3 Å². The van der Waals surface area contributed by atoms with Gasteiger partial charge in [-0.3, -0.25) is 4.79 Å². The number of nitrogens with two attached hydrogens (primary N) is 1. The molecule has 0 atom stereocenters. The maximum absolute atomic E-state index is 12.0. The molecule has 2 aromatic rings. The summed E-state index contributed by atoms with van der Waals surface area (Å²) in [5.41, 5.74) is 0.766. The van der Waals surface area contributed by atoms with Gasteiger partial charge in [0.25, 0.3) is 5.91 Å². The van der Waals surface area contributed by atoms with Crippen LogP contribution in [0, 0.1) is 6.92 Å². The number of amides is 1. The minimum atomic E-state index is -3.83. The standard InChI is InChI=1S/C12H11ClN2O3S2/c1-7-9(3-2-4-10(7)20(14,17)18)15-12(16)11-8(13)5-6-19-11/h2-6H,1H3,(H,15,16)(H2,14,17,18). The molecule has 0 aliphatic rings. The lowest BCUT2D eigenvalue weighted by Gasteiger charge is -2.10. The highest BCUT2D eigenvalue weighted by atomic mass is 35.5. The Balaban J connectivity index is 2.36. The summed E-state index contributed by atoms with van der Waals surface area (Å²) in [5, 5.41) is 9.80. The van der Waals surface area contributed by atoms with Gasteiger partial charge >= 0.3 is 0 Å². The SMILES string of the molecule is Cc1c(NC(=O)c2sccc2Cl)cccc1S(N)(=O)=O. The Kier molecular flexibility index (Phi) is 4.14. The molecular weight excluding hydrogens is 320 g/mol. The smallest absolute Gasteiger partial charge is 0.267 e. The van der Waals surface area contributed by atoms with Crippen LogP contribution in [0.4, 0.5) is 5.69 Å². The van der Waals surface area contributed by atoms with Crippen LogP contribution in [0.1, 0.15) is 15.2 Å². The molecule has 1 amide bonds. The zero-order valence-corrected chi connectivity index (χ0v) is 12.8. The van der Waals surface area contributed by atoms with E-state index in [4.69, 9.17) is 16.7 Å². The first-order valence-electron chi connectivity index (χ1n) is 5.47. The molecule has 0 saturated carbocycles. The predicted octanol–water partition coefficient (Wildman–Crippen LogP) is 2.61. The van der Waals surface area contributed by atoms with Crippen LogP contribution in [0.3, 0.4) is 0 Å². The average Bonchev–Trinajstić information content (AvgIpc) is 2.76. The van der Waals surface area contributed by atoms with E-state index in [-0.39, 0.29) is 10.8 Å². The van der Waals surface area contributed by atoms with Gasteiger partial charge < -0.3 is 5.32 Å². The fourth-order valence-corrected chi connectivity index (χ4v) is 3.53. The Bertz CT molecular complexity index is 769. The molecule has 3 N–H and O–H groups in total. The van der Waals surface area contributed by atoms with Crippen LogP contribution in [0.2, 0.25) is 5.02 Å². The minimum absolute atomic E-state index is 0.0208. The quantitative estimate of drug-likeness (QED) is 0.906. The van der Waals surface area contributed by atoms with E-state index in [0.29, 0.717) is 21.2 Å². The van der Waals surface area contributed by atoms with Crippen molar-refractivity contribution in [3.8, 4) is 0 Å². The number of rotatable bonds is 3. The number of hydrogen-bond acceptors (Lipinski definition) is 4. The summed E-state index contributed by atoms with van der Waals surface area (Å²) < 4.78 is 22.8. The Hall–Kier alpha value is -1.41. The van der Waals surface area contributed by atoms with Gasteiger partial charge in [-0.25, -0.2) is 13.6 Å². The lowest BCUT2D eigenvalue weighted by molar-refractivity contribution is 0.103. The first-order valence-corrected chi connectivity index (χ1v) is 8.28. The second-order valence-electron chi connectivity index (χ2n) is 4.03. The lowest BCUT2D eigenvalue weighted by atomic mass is 10.2. The molecule has 0 unspecified atom stereocenters. The molecule has 0 aliphatic heterocycles. The van der Waals surface area contributed by atoms with Gasteiger partial charge in [-0.15, -0.1) is 11.3 Å². The molecule has 2 rings (SSSR count). The summed E-state index contributed by atoms with van der Waals surface area (Å²) in [6, 6.07) is 6.12. The number of benzene rings is 1. The zero-order chi connectivity index (χ0) is 14.9. The van der Waals surface area contributed by atoms with Gasteiger partial charge in [0.05, 0.1) is 9.92 Å². The van der Waals surface area contributed by atoms with E-state index >= 15 is 0 Å². The number of thiophene rings is 1. The number of nitrogens with one attached hydrogen (secondary N) is 1. The van der Waals surface area contributed by atoms with Crippen LogP contribution in [-0.4, -0.2) is 14.3 Å². The van der Waals surface area contributed by atoms with E-state index in [1.54, 1.807) is 24.4 Å². The van der Waals surface area contributed by atoms with Crippen LogP contribution in [0.15, 0.2) is 34.5 Å². The molecule has 106 valence electrons. The van der Waals surface area contributed by atoms with Crippen LogP contribution in [0.5, 0.6) is 0 Å². The van der Waals surface area contributed by atoms with Gasteiger partial charge in [0.15, 0.2) is 0 Å². The van der Waals surface area contributed by atoms with Crippen molar-refractivity contribution in [2.75, 3.05) is 5.32 Å². The van der Waals surface area contributed by atoms with Gasteiger partial charge in [0.1, 0.15) is 4.88 Å². The predicted molar refractivity (Wildman–Crippen MR) is 79.8 cm³/mol. The first-order chi connectivity index (χ1) is 9.30. The molecule has 0 saturated heterocycles. The molecule has 0 aliphatic carbocycles. The van der Waals surface area contributed by atoms with Crippen molar-refractivity contribution >= 4 is 44.6 Å². The van der Waals surface area contributed by atoms with Crippen molar-refractivity contribution in [1.82, 2.24) is 0 Å². The maximum Gasteiger partial charge on any atom is 0.267 e. The Labute approximate surface area is 125 Å². The summed E-state index contributed by atoms with van der Waals surface area (Å²) in [5.74, 6) is -0.389. The molecular formula is C12H11ClN2O3S2. The first kappa shape index (κ1) is 15.0. The van der Waals surface area contributed by atoms with Crippen LogP contribution in [-0.2, 0) is 10.0 Å².